The number of hydrogen-bond donors (Lipinski definition) is 2. The number of fused-ring (bicyclic) bond motifs is 1. The van der Waals surface area contributed by atoms with Crippen LogP contribution in [0.25, 0.3) is 0 Å². The van der Waals surface area contributed by atoms with Crippen molar-refractivity contribution in [3.8, 4) is 0 Å². The Balaban J connectivity index is 1.63. The molecule has 0 aromatic heterocycles. The van der Waals surface area contributed by atoms with Gasteiger partial charge in [-0.2, -0.15) is 0 Å². The predicted molar refractivity (Wildman–Crippen MR) is 113 cm³/mol. The number of nitrogens with zero attached hydrogens (tertiary/aromatic N) is 2. The van der Waals surface area contributed by atoms with Crippen LogP contribution in [0.4, 0.5) is 5.69 Å². The molecular formula is C23H27N3O3. The molecule has 0 spiro atoms. The lowest BCUT2D eigenvalue weighted by Gasteiger charge is -2.23. The van der Waals surface area contributed by atoms with Crippen molar-refractivity contribution in [2.75, 3.05) is 18.0 Å². The van der Waals surface area contributed by atoms with Crippen LogP contribution in [0, 0.1) is 0 Å². The Labute approximate surface area is 171 Å². The number of hydrogen-bond acceptors (Lipinski definition) is 4. The lowest BCUT2D eigenvalue weighted by atomic mass is 10.00. The molecule has 2 aromatic rings. The molecule has 6 heteroatoms. The normalized spacial score (nSPS) is 13.3. The molecule has 3 rings (SSSR count). The molecule has 0 fully saturated rings. The van der Waals surface area contributed by atoms with Crippen molar-refractivity contribution in [1.82, 2.24) is 5.48 Å². The second-order valence-corrected chi connectivity index (χ2v) is 7.11. The molecule has 6 nitrogen and oxygen atoms in total. The Morgan fingerprint density at radius 2 is 1.62 bits per heavy atom. The summed E-state index contributed by atoms with van der Waals surface area (Å²) in [6, 6.07) is 18.0. The van der Waals surface area contributed by atoms with E-state index in [1.165, 1.54) is 0 Å². The van der Waals surface area contributed by atoms with Crippen LogP contribution in [-0.2, 0) is 9.59 Å². The summed E-state index contributed by atoms with van der Waals surface area (Å²) in [5, 5.41) is 8.49. The highest BCUT2D eigenvalue weighted by atomic mass is 16.5. The summed E-state index contributed by atoms with van der Waals surface area (Å²) < 4.78 is 0. The van der Waals surface area contributed by atoms with Gasteiger partial charge < -0.3 is 4.90 Å². The fourth-order valence-corrected chi connectivity index (χ4v) is 3.58. The number of unbranched alkanes of at least 4 members (excludes halogenated alkanes) is 3. The number of benzodiazepines with no additional fused rings is 1. The number of aliphatic imine (C=N–C) groups is 1. The van der Waals surface area contributed by atoms with E-state index in [-0.39, 0.29) is 11.8 Å². The van der Waals surface area contributed by atoms with Gasteiger partial charge in [-0.15, -0.1) is 0 Å². The number of rotatable bonds is 8. The van der Waals surface area contributed by atoms with Crippen molar-refractivity contribution in [2.24, 2.45) is 4.99 Å². The van der Waals surface area contributed by atoms with Crippen LogP contribution in [-0.4, -0.2) is 35.8 Å². The fourth-order valence-electron chi connectivity index (χ4n) is 3.58. The lowest BCUT2D eigenvalue weighted by Crippen LogP contribution is -2.33. The monoisotopic (exact) mass is 393 g/mol. The topological polar surface area (TPSA) is 82.0 Å². The van der Waals surface area contributed by atoms with E-state index in [4.69, 9.17) is 10.2 Å². The van der Waals surface area contributed by atoms with E-state index in [2.05, 4.69) is 0 Å². The molecule has 0 aliphatic carbocycles. The van der Waals surface area contributed by atoms with E-state index in [0.717, 1.165) is 41.8 Å². The van der Waals surface area contributed by atoms with Crippen LogP contribution in [0.1, 0.15) is 49.7 Å². The molecule has 2 N–H and O–H groups in total. The second kappa shape index (κ2) is 10.5. The Hall–Kier alpha value is -2.99. The largest absolute Gasteiger partial charge is 0.310 e. The lowest BCUT2D eigenvalue weighted by molar-refractivity contribution is -0.129. The molecule has 1 aliphatic rings. The quantitative estimate of drug-likeness (QED) is 0.407. The molecule has 2 amide bonds. The minimum atomic E-state index is -0.364. The summed E-state index contributed by atoms with van der Waals surface area (Å²) in [5.41, 5.74) is 5.52. The number of nitrogens with one attached hydrogen (secondary N) is 1. The van der Waals surface area contributed by atoms with Crippen LogP contribution in [0.15, 0.2) is 59.6 Å². The van der Waals surface area contributed by atoms with E-state index < -0.39 is 0 Å². The SMILES string of the molecule is O=C(CCCCCCC(=O)N1CCN=C(c2ccccc2)c2ccccc21)NO. The van der Waals surface area contributed by atoms with Crippen molar-refractivity contribution in [3.63, 3.8) is 0 Å². The van der Waals surface area contributed by atoms with E-state index >= 15 is 0 Å². The number of para-hydroxylation sites is 1. The van der Waals surface area contributed by atoms with Gasteiger partial charge in [-0.05, 0) is 18.9 Å². The molecular weight excluding hydrogens is 366 g/mol. The van der Waals surface area contributed by atoms with Crippen LogP contribution < -0.4 is 10.4 Å². The van der Waals surface area contributed by atoms with Crippen LogP contribution in [0.3, 0.4) is 0 Å². The first-order chi connectivity index (χ1) is 14.2. The third-order valence-corrected chi connectivity index (χ3v) is 5.06. The number of amides is 2. The van der Waals surface area contributed by atoms with Gasteiger partial charge in [0.15, 0.2) is 0 Å². The first-order valence-corrected chi connectivity index (χ1v) is 10.1. The van der Waals surface area contributed by atoms with Gasteiger partial charge in [-0.25, -0.2) is 5.48 Å². The maximum atomic E-state index is 12.9. The molecule has 1 aliphatic heterocycles. The van der Waals surface area contributed by atoms with Gasteiger partial charge in [0.2, 0.25) is 11.8 Å². The zero-order chi connectivity index (χ0) is 20.5. The first-order valence-electron chi connectivity index (χ1n) is 10.1. The molecule has 0 atom stereocenters. The molecule has 2 aromatic carbocycles. The van der Waals surface area contributed by atoms with Crippen LogP contribution >= 0.6 is 0 Å². The van der Waals surface area contributed by atoms with Gasteiger partial charge in [-0.1, -0.05) is 61.4 Å². The molecule has 0 unspecified atom stereocenters. The van der Waals surface area contributed by atoms with E-state index in [0.29, 0.717) is 32.4 Å². The Kier molecular flexibility index (Phi) is 7.53. The maximum Gasteiger partial charge on any atom is 0.243 e. The van der Waals surface area contributed by atoms with E-state index in [9.17, 15) is 9.59 Å². The second-order valence-electron chi connectivity index (χ2n) is 7.11. The predicted octanol–water partition coefficient (Wildman–Crippen LogP) is 3.72. The van der Waals surface area contributed by atoms with Crippen LogP contribution in [0.2, 0.25) is 0 Å². The summed E-state index contributed by atoms with van der Waals surface area (Å²) >= 11 is 0. The fraction of sp³-hybridized carbons (Fsp3) is 0.348. The van der Waals surface area contributed by atoms with Crippen molar-refractivity contribution >= 4 is 23.2 Å². The Bertz CT molecular complexity index is 865. The standard InChI is InChI=1S/C23H27N3O3/c27-21(25-29)14-6-1-2-7-15-22(28)26-17-16-24-23(18-10-4-3-5-11-18)19-12-8-9-13-20(19)26/h3-5,8-13,29H,1-2,6-7,14-17H2,(H,25,27). The summed E-state index contributed by atoms with van der Waals surface area (Å²) in [6.07, 6.45) is 4.01. The third kappa shape index (κ3) is 5.51. The molecule has 0 radical (unpaired) electrons. The van der Waals surface area contributed by atoms with Gasteiger partial charge in [0, 0.05) is 30.5 Å². The number of carbonyl (C=O) groups excluding carboxylic acids is 2. The van der Waals surface area contributed by atoms with E-state index in [1.54, 1.807) is 5.48 Å². The summed E-state index contributed by atoms with van der Waals surface area (Å²) in [6.45, 7) is 1.14. The van der Waals surface area contributed by atoms with Crippen molar-refractivity contribution in [2.45, 2.75) is 38.5 Å². The summed E-state index contributed by atoms with van der Waals surface area (Å²) in [7, 11) is 0. The average molecular weight is 393 g/mol. The Morgan fingerprint density at radius 1 is 0.931 bits per heavy atom. The van der Waals surface area contributed by atoms with Gasteiger partial charge in [0.25, 0.3) is 0 Å². The van der Waals surface area contributed by atoms with Gasteiger partial charge in [0.1, 0.15) is 0 Å². The molecule has 29 heavy (non-hydrogen) atoms. The number of hydroxylamine groups is 1. The van der Waals surface area contributed by atoms with Crippen LogP contribution in [0.5, 0.6) is 0 Å². The number of carbonyl (C=O) groups is 2. The van der Waals surface area contributed by atoms with Crippen molar-refractivity contribution in [3.05, 3.63) is 65.7 Å². The first kappa shape index (κ1) is 20.7. The summed E-state index contributed by atoms with van der Waals surface area (Å²) in [4.78, 5) is 30.6. The molecule has 152 valence electrons. The van der Waals surface area contributed by atoms with E-state index in [1.807, 2.05) is 59.5 Å². The van der Waals surface area contributed by atoms with Gasteiger partial charge >= 0.3 is 0 Å². The highest BCUT2D eigenvalue weighted by molar-refractivity contribution is 6.17. The highest BCUT2D eigenvalue weighted by Crippen LogP contribution is 2.27. The maximum absolute atomic E-state index is 12.9. The Morgan fingerprint density at radius 3 is 2.38 bits per heavy atom. The van der Waals surface area contributed by atoms with Gasteiger partial charge in [-0.3, -0.25) is 19.8 Å². The van der Waals surface area contributed by atoms with Crippen molar-refractivity contribution in [1.29, 1.82) is 0 Å². The average Bonchev–Trinajstić information content (AvgIpc) is 2.96. The molecule has 0 bridgehead atoms. The third-order valence-electron chi connectivity index (χ3n) is 5.06. The minimum absolute atomic E-state index is 0.107. The number of anilines is 1. The minimum Gasteiger partial charge on any atom is -0.310 e. The van der Waals surface area contributed by atoms with Gasteiger partial charge in [0.05, 0.1) is 17.9 Å². The molecule has 0 saturated carbocycles. The smallest absolute Gasteiger partial charge is 0.243 e. The highest BCUT2D eigenvalue weighted by Gasteiger charge is 2.23. The number of benzene rings is 2. The van der Waals surface area contributed by atoms with Crippen molar-refractivity contribution < 1.29 is 14.8 Å². The summed E-state index contributed by atoms with van der Waals surface area (Å²) in [5.74, 6) is -0.258. The zero-order valence-electron chi connectivity index (χ0n) is 16.5. The zero-order valence-corrected chi connectivity index (χ0v) is 16.5. The molecule has 1 heterocycles. The molecule has 0 saturated heterocycles.